The van der Waals surface area contributed by atoms with Crippen molar-refractivity contribution in [3.05, 3.63) is 59.7 Å². The highest BCUT2D eigenvalue weighted by Gasteiger charge is 2.30. The van der Waals surface area contributed by atoms with E-state index in [2.05, 4.69) is 16.0 Å². The first-order valence-corrected chi connectivity index (χ1v) is 12.2. The summed E-state index contributed by atoms with van der Waals surface area (Å²) in [6, 6.07) is 5.88. The number of aliphatic hydroxyl groups excluding tert-OH is 1. The van der Waals surface area contributed by atoms with Crippen LogP contribution in [0.15, 0.2) is 48.5 Å². The SMILES string of the molecule is NC(Cc1ccc(O)cc1)C(=O)NC(CCC(=O)O)C(=O)NC(CO)C(=O)NC(Cc1ccc(O)cc1)C(=O)O. The van der Waals surface area contributed by atoms with Gasteiger partial charge in [0.05, 0.1) is 12.6 Å². The molecule has 0 aliphatic carbocycles. The zero-order valence-electron chi connectivity index (χ0n) is 21.3. The number of carboxylic acids is 2. The monoisotopic (exact) mass is 560 g/mol. The van der Waals surface area contributed by atoms with E-state index in [9.17, 15) is 44.4 Å². The fourth-order valence-electron chi connectivity index (χ4n) is 3.60. The Labute approximate surface area is 228 Å². The van der Waals surface area contributed by atoms with Gasteiger partial charge in [-0.2, -0.15) is 0 Å². The first kappa shape index (κ1) is 31.5. The molecule has 14 heteroatoms. The summed E-state index contributed by atoms with van der Waals surface area (Å²) in [5.41, 5.74) is 7.02. The van der Waals surface area contributed by atoms with Gasteiger partial charge in [0.15, 0.2) is 0 Å². The van der Waals surface area contributed by atoms with Crippen LogP contribution in [0.1, 0.15) is 24.0 Å². The lowest BCUT2D eigenvalue weighted by Crippen LogP contribution is -2.58. The number of phenols is 2. The highest BCUT2D eigenvalue weighted by atomic mass is 16.4. The largest absolute Gasteiger partial charge is 0.508 e. The summed E-state index contributed by atoms with van der Waals surface area (Å²) in [7, 11) is 0. The van der Waals surface area contributed by atoms with E-state index in [0.717, 1.165) is 0 Å². The second-order valence-electron chi connectivity index (χ2n) is 8.98. The number of benzene rings is 2. The second kappa shape index (κ2) is 15.0. The second-order valence-corrected chi connectivity index (χ2v) is 8.98. The number of aliphatic carboxylic acids is 2. The van der Waals surface area contributed by atoms with Gasteiger partial charge in [-0.1, -0.05) is 24.3 Å². The van der Waals surface area contributed by atoms with E-state index >= 15 is 0 Å². The van der Waals surface area contributed by atoms with Crippen LogP contribution in [0, 0.1) is 0 Å². The normalized spacial score (nSPS) is 13.8. The number of carbonyl (C=O) groups is 5. The fourth-order valence-corrected chi connectivity index (χ4v) is 3.60. The summed E-state index contributed by atoms with van der Waals surface area (Å²) in [4.78, 5) is 61.0. The Bertz CT molecular complexity index is 1190. The molecule has 0 saturated carbocycles. The molecular formula is C26H32N4O10. The average Bonchev–Trinajstić information content (AvgIpc) is 2.91. The Morgan fingerprint density at radius 1 is 0.675 bits per heavy atom. The van der Waals surface area contributed by atoms with Crippen LogP contribution in [-0.4, -0.2) is 86.0 Å². The minimum absolute atomic E-state index is 0.0182. The maximum Gasteiger partial charge on any atom is 0.326 e. The van der Waals surface area contributed by atoms with E-state index in [-0.39, 0.29) is 30.8 Å². The molecule has 14 nitrogen and oxygen atoms in total. The number of carbonyl (C=O) groups excluding carboxylic acids is 3. The van der Waals surface area contributed by atoms with Gasteiger partial charge in [-0.25, -0.2) is 4.79 Å². The molecule has 2 aromatic carbocycles. The highest BCUT2D eigenvalue weighted by Crippen LogP contribution is 2.13. The van der Waals surface area contributed by atoms with Crippen molar-refractivity contribution in [3.8, 4) is 11.5 Å². The number of aromatic hydroxyl groups is 2. The van der Waals surface area contributed by atoms with Crippen molar-refractivity contribution in [1.29, 1.82) is 0 Å². The lowest BCUT2D eigenvalue weighted by Gasteiger charge is -2.24. The van der Waals surface area contributed by atoms with E-state index in [1.165, 1.54) is 36.4 Å². The van der Waals surface area contributed by atoms with Gasteiger partial charge in [0.2, 0.25) is 17.7 Å². The van der Waals surface area contributed by atoms with Crippen molar-refractivity contribution < 1.29 is 49.5 Å². The van der Waals surface area contributed by atoms with Crippen molar-refractivity contribution in [2.75, 3.05) is 6.61 Å². The van der Waals surface area contributed by atoms with Gasteiger partial charge in [-0.3, -0.25) is 19.2 Å². The first-order valence-electron chi connectivity index (χ1n) is 12.2. The van der Waals surface area contributed by atoms with Crippen molar-refractivity contribution in [2.45, 2.75) is 49.9 Å². The van der Waals surface area contributed by atoms with Gasteiger partial charge >= 0.3 is 11.9 Å². The van der Waals surface area contributed by atoms with E-state index in [1.807, 2.05) is 0 Å². The van der Waals surface area contributed by atoms with Gasteiger partial charge in [0, 0.05) is 12.8 Å². The Balaban J connectivity index is 2.07. The third-order valence-corrected chi connectivity index (χ3v) is 5.81. The Morgan fingerprint density at radius 2 is 1.12 bits per heavy atom. The van der Waals surface area contributed by atoms with E-state index in [4.69, 9.17) is 10.8 Å². The van der Waals surface area contributed by atoms with Crippen LogP contribution in [0.25, 0.3) is 0 Å². The summed E-state index contributed by atoms with van der Waals surface area (Å²) in [5.74, 6) is -5.48. The number of nitrogens with two attached hydrogens (primary N) is 1. The van der Waals surface area contributed by atoms with Crippen molar-refractivity contribution in [1.82, 2.24) is 16.0 Å². The molecule has 0 aromatic heterocycles. The molecule has 2 rings (SSSR count). The number of hydrogen-bond donors (Lipinski definition) is 9. The maximum absolute atomic E-state index is 12.9. The van der Waals surface area contributed by atoms with E-state index in [1.54, 1.807) is 12.1 Å². The van der Waals surface area contributed by atoms with Gasteiger partial charge in [0.25, 0.3) is 0 Å². The highest BCUT2D eigenvalue weighted by molar-refractivity contribution is 5.94. The molecule has 216 valence electrons. The number of aliphatic hydroxyl groups is 1. The summed E-state index contributed by atoms with van der Waals surface area (Å²) in [6.45, 7) is -0.927. The third-order valence-electron chi connectivity index (χ3n) is 5.81. The van der Waals surface area contributed by atoms with Crippen LogP contribution in [0.3, 0.4) is 0 Å². The summed E-state index contributed by atoms with van der Waals surface area (Å²) in [5, 5.41) is 53.8. The topological polar surface area (TPSA) is 249 Å². The van der Waals surface area contributed by atoms with E-state index < -0.39 is 66.9 Å². The number of hydrogen-bond acceptors (Lipinski definition) is 9. The summed E-state index contributed by atoms with van der Waals surface area (Å²) < 4.78 is 0. The molecule has 0 spiro atoms. The summed E-state index contributed by atoms with van der Waals surface area (Å²) >= 11 is 0. The molecule has 0 radical (unpaired) electrons. The van der Waals surface area contributed by atoms with Gasteiger partial charge in [-0.05, 0) is 48.2 Å². The first-order chi connectivity index (χ1) is 18.9. The van der Waals surface area contributed by atoms with E-state index in [0.29, 0.717) is 11.1 Å². The van der Waals surface area contributed by atoms with Crippen molar-refractivity contribution >= 4 is 29.7 Å². The number of rotatable bonds is 15. The van der Waals surface area contributed by atoms with Crippen LogP contribution in [0.5, 0.6) is 11.5 Å². The molecule has 4 unspecified atom stereocenters. The molecule has 3 amide bonds. The predicted octanol–water partition coefficient (Wildman–Crippen LogP) is -1.39. The number of nitrogens with one attached hydrogen (secondary N) is 3. The van der Waals surface area contributed by atoms with Gasteiger partial charge < -0.3 is 47.2 Å². The predicted molar refractivity (Wildman–Crippen MR) is 139 cm³/mol. The number of phenolic OH excluding ortho intramolecular Hbond substituents is 2. The number of carboxylic acid groups (broad SMARTS) is 2. The molecule has 40 heavy (non-hydrogen) atoms. The fraction of sp³-hybridized carbons (Fsp3) is 0.346. The quantitative estimate of drug-likeness (QED) is 0.123. The lowest BCUT2D eigenvalue weighted by molar-refractivity contribution is -0.142. The Morgan fingerprint density at radius 3 is 1.60 bits per heavy atom. The Hall–Kier alpha value is -4.69. The van der Waals surface area contributed by atoms with Crippen LogP contribution >= 0.6 is 0 Å². The molecule has 0 fully saturated rings. The lowest BCUT2D eigenvalue weighted by atomic mass is 10.0. The third kappa shape index (κ3) is 10.2. The molecule has 0 aliphatic heterocycles. The average molecular weight is 561 g/mol. The molecule has 0 heterocycles. The van der Waals surface area contributed by atoms with Crippen LogP contribution in [0.4, 0.5) is 0 Å². The number of amides is 3. The molecular weight excluding hydrogens is 528 g/mol. The molecule has 10 N–H and O–H groups in total. The zero-order valence-corrected chi connectivity index (χ0v) is 21.3. The Kier molecular flexibility index (Phi) is 11.9. The molecule has 0 aliphatic rings. The van der Waals surface area contributed by atoms with Gasteiger partial charge in [-0.15, -0.1) is 0 Å². The minimum atomic E-state index is -1.62. The van der Waals surface area contributed by atoms with Gasteiger partial charge in [0.1, 0.15) is 29.6 Å². The molecule has 0 bridgehead atoms. The van der Waals surface area contributed by atoms with Crippen LogP contribution < -0.4 is 21.7 Å². The maximum atomic E-state index is 12.9. The minimum Gasteiger partial charge on any atom is -0.508 e. The smallest absolute Gasteiger partial charge is 0.326 e. The molecule has 2 aromatic rings. The van der Waals surface area contributed by atoms with Crippen molar-refractivity contribution in [2.24, 2.45) is 5.73 Å². The standard InChI is InChI=1S/C26H32N4O10/c27-18(11-14-1-5-16(32)6-2-14)23(36)28-19(9-10-22(34)35)24(37)30-21(13-31)25(38)29-20(26(39)40)12-15-3-7-17(33)8-4-15/h1-8,18-21,31-33H,9-13,27H2,(H,28,36)(H,29,38)(H,30,37)(H,34,35)(H,39,40). The summed E-state index contributed by atoms with van der Waals surface area (Å²) in [6.07, 6.45) is -1.01. The molecule has 0 saturated heterocycles. The van der Waals surface area contributed by atoms with Crippen LogP contribution in [0.2, 0.25) is 0 Å². The zero-order chi connectivity index (χ0) is 29.8. The van der Waals surface area contributed by atoms with Crippen molar-refractivity contribution in [3.63, 3.8) is 0 Å². The van der Waals surface area contributed by atoms with Crippen LogP contribution in [-0.2, 0) is 36.8 Å². The molecule has 4 atom stereocenters.